The lowest BCUT2D eigenvalue weighted by atomic mass is 10.3. The van der Waals surface area contributed by atoms with E-state index in [1.807, 2.05) is 72.8 Å². The molecule has 6 heteroatoms. The van der Waals surface area contributed by atoms with Crippen LogP contribution in [0.25, 0.3) is 0 Å². The largest absolute Gasteiger partial charge is 0.497 e. The van der Waals surface area contributed by atoms with Crippen LogP contribution in [0.2, 0.25) is 0 Å². The fourth-order valence-corrected chi connectivity index (χ4v) is 7.78. The molecule has 0 bridgehead atoms. The fraction of sp³-hybridized carbons (Fsp3) is 0.208. The van der Waals surface area contributed by atoms with Gasteiger partial charge in [0.15, 0.2) is 0 Å². The number of methoxy groups -OCH3 is 3. The van der Waals surface area contributed by atoms with Gasteiger partial charge in [-0.25, -0.2) is 0 Å². The Morgan fingerprint density at radius 2 is 0.967 bits per heavy atom. The lowest BCUT2D eigenvalue weighted by molar-refractivity contribution is -0.136. The fourth-order valence-electron chi connectivity index (χ4n) is 3.61. The third-order valence-electron chi connectivity index (χ3n) is 5.20. The molecule has 0 unspecified atom stereocenters. The zero-order valence-corrected chi connectivity index (χ0v) is 18.3. The van der Waals surface area contributed by atoms with Gasteiger partial charge in [-0.2, -0.15) is 0 Å². The molecule has 0 aliphatic heterocycles. The predicted molar refractivity (Wildman–Crippen MR) is 122 cm³/mol. The molecule has 1 N–H and O–H groups in total. The van der Waals surface area contributed by atoms with E-state index in [0.717, 1.165) is 33.2 Å². The Bertz CT molecular complexity index is 850. The Balaban J connectivity index is 2.25. The maximum Gasteiger partial charge on any atom is 0.307 e. The number of aliphatic carboxylic acids is 1. The third-order valence-corrected chi connectivity index (χ3v) is 9.63. The van der Waals surface area contributed by atoms with Crippen LogP contribution in [0.1, 0.15) is 6.42 Å². The van der Waals surface area contributed by atoms with Gasteiger partial charge < -0.3 is 19.3 Å². The summed E-state index contributed by atoms with van der Waals surface area (Å²) in [6, 6.07) is 23.8. The van der Waals surface area contributed by atoms with Crippen LogP contribution >= 0.6 is 7.26 Å². The van der Waals surface area contributed by atoms with Gasteiger partial charge >= 0.3 is 5.97 Å². The minimum absolute atomic E-state index is 0.0673. The average Bonchev–Trinajstić information content (AvgIpc) is 2.80. The average molecular weight is 425 g/mol. The lowest BCUT2D eigenvalue weighted by Crippen LogP contribution is -2.34. The molecule has 3 aromatic carbocycles. The van der Waals surface area contributed by atoms with Crippen molar-refractivity contribution >= 4 is 29.1 Å². The molecule has 156 valence electrons. The van der Waals surface area contributed by atoms with E-state index in [1.54, 1.807) is 21.3 Å². The molecule has 0 heterocycles. The molecule has 3 aromatic rings. The van der Waals surface area contributed by atoms with E-state index >= 15 is 0 Å². The van der Waals surface area contributed by atoms with Gasteiger partial charge in [0.1, 0.15) is 40.4 Å². The molecule has 0 aliphatic rings. The minimum atomic E-state index is -2.25. The maximum absolute atomic E-state index is 11.6. The van der Waals surface area contributed by atoms with E-state index in [1.165, 1.54) is 0 Å². The normalized spacial score (nSPS) is 11.0. The number of hydrogen-bond acceptors (Lipinski definition) is 4. The molecule has 0 spiro atoms. The number of ether oxygens (including phenoxy) is 3. The van der Waals surface area contributed by atoms with Gasteiger partial charge in [-0.3, -0.25) is 4.79 Å². The number of hydrogen-bond donors (Lipinski definition) is 1. The van der Waals surface area contributed by atoms with Crippen LogP contribution < -0.4 is 30.1 Å². The van der Waals surface area contributed by atoms with E-state index < -0.39 is 13.2 Å². The van der Waals surface area contributed by atoms with Gasteiger partial charge in [0.2, 0.25) is 0 Å². The first-order valence-corrected chi connectivity index (χ1v) is 11.5. The summed E-state index contributed by atoms with van der Waals surface area (Å²) >= 11 is 0. The van der Waals surface area contributed by atoms with E-state index in [9.17, 15) is 9.90 Å². The monoisotopic (exact) mass is 425 g/mol. The van der Waals surface area contributed by atoms with Crippen molar-refractivity contribution in [3.8, 4) is 17.2 Å². The van der Waals surface area contributed by atoms with Gasteiger partial charge in [0, 0.05) is 0 Å². The second-order valence-corrected chi connectivity index (χ2v) is 10.4. The molecule has 5 nitrogen and oxygen atoms in total. The molecule has 0 saturated heterocycles. The van der Waals surface area contributed by atoms with Gasteiger partial charge in [-0.05, 0) is 72.8 Å². The molecule has 0 radical (unpaired) electrons. The van der Waals surface area contributed by atoms with Gasteiger partial charge in [0.25, 0.3) is 0 Å². The van der Waals surface area contributed by atoms with Crippen molar-refractivity contribution in [3.63, 3.8) is 0 Å². The molecule has 0 aliphatic carbocycles. The van der Waals surface area contributed by atoms with E-state index in [2.05, 4.69) is 0 Å². The van der Waals surface area contributed by atoms with Crippen LogP contribution in [0.15, 0.2) is 72.8 Å². The molecule has 0 saturated carbocycles. The van der Waals surface area contributed by atoms with Crippen LogP contribution in [-0.4, -0.2) is 38.6 Å². The van der Waals surface area contributed by atoms with E-state index in [4.69, 9.17) is 14.2 Å². The summed E-state index contributed by atoms with van der Waals surface area (Å²) in [6.45, 7) is 0. The van der Waals surface area contributed by atoms with Gasteiger partial charge in [-0.15, -0.1) is 0 Å². The summed E-state index contributed by atoms with van der Waals surface area (Å²) in [4.78, 5) is 11.6. The first-order chi connectivity index (χ1) is 14.5. The summed E-state index contributed by atoms with van der Waals surface area (Å²) in [7, 11) is 2.66. The summed E-state index contributed by atoms with van der Waals surface area (Å²) in [5.74, 6) is 1.48. The van der Waals surface area contributed by atoms with E-state index in [-0.39, 0.29) is 6.42 Å². The smallest absolute Gasteiger partial charge is 0.307 e. The highest BCUT2D eigenvalue weighted by Gasteiger charge is 2.45. The number of carboxylic acid groups (broad SMARTS) is 1. The summed E-state index contributed by atoms with van der Waals surface area (Å²) in [6.07, 6.45) is 0.575. The number of benzene rings is 3. The zero-order valence-electron chi connectivity index (χ0n) is 17.4. The second-order valence-electron chi connectivity index (χ2n) is 6.77. The SMILES string of the molecule is COc1ccc([P+](CCC(=O)O)(c2ccc(OC)cc2)c2ccc(OC)cc2)cc1. The minimum Gasteiger partial charge on any atom is -0.497 e. The van der Waals surface area contributed by atoms with Crippen LogP contribution in [0.3, 0.4) is 0 Å². The number of carboxylic acids is 1. The van der Waals surface area contributed by atoms with Crippen LogP contribution in [0.5, 0.6) is 17.2 Å². The highest BCUT2D eigenvalue weighted by atomic mass is 31.2. The highest BCUT2D eigenvalue weighted by molar-refractivity contribution is 7.95. The van der Waals surface area contributed by atoms with Crippen LogP contribution in [0.4, 0.5) is 0 Å². The Labute approximate surface area is 177 Å². The standard InChI is InChI=1S/C24H25O5P/c1-27-18-4-10-21(11-5-18)30(17-16-24(25)26,22-12-6-19(28-2)7-13-22)23-14-8-20(29-3)9-15-23/h4-15H,16-17H2,1-3H3/p+1. The molecule has 0 amide bonds. The van der Waals surface area contributed by atoms with Crippen molar-refractivity contribution in [2.45, 2.75) is 6.42 Å². The Kier molecular flexibility index (Phi) is 6.96. The van der Waals surface area contributed by atoms with Crippen molar-refractivity contribution in [1.82, 2.24) is 0 Å². The van der Waals surface area contributed by atoms with E-state index in [0.29, 0.717) is 6.16 Å². The third kappa shape index (κ3) is 4.42. The first-order valence-electron chi connectivity index (χ1n) is 9.57. The molecule has 0 fully saturated rings. The molecule has 3 rings (SSSR count). The maximum atomic E-state index is 11.6. The summed E-state index contributed by atoms with van der Waals surface area (Å²) in [5.41, 5.74) is 0. The van der Waals surface area contributed by atoms with Gasteiger partial charge in [-0.1, -0.05) is 0 Å². The topological polar surface area (TPSA) is 65.0 Å². The van der Waals surface area contributed by atoms with Crippen molar-refractivity contribution in [2.75, 3.05) is 27.5 Å². The van der Waals surface area contributed by atoms with Crippen molar-refractivity contribution in [3.05, 3.63) is 72.8 Å². The zero-order chi connectivity index (χ0) is 21.6. The summed E-state index contributed by atoms with van der Waals surface area (Å²) < 4.78 is 16.0. The quantitative estimate of drug-likeness (QED) is 0.532. The van der Waals surface area contributed by atoms with Crippen molar-refractivity contribution in [2.24, 2.45) is 0 Å². The highest BCUT2D eigenvalue weighted by Crippen LogP contribution is 2.56. The molecular weight excluding hydrogens is 399 g/mol. The Hall–Kier alpha value is -3.04. The van der Waals surface area contributed by atoms with Gasteiger partial charge in [0.05, 0.1) is 33.9 Å². The summed E-state index contributed by atoms with van der Waals surface area (Å²) in [5, 5.41) is 12.8. The Morgan fingerprint density at radius 1 is 0.667 bits per heavy atom. The predicted octanol–water partition coefficient (Wildman–Crippen LogP) is 3.48. The molecule has 0 atom stereocenters. The van der Waals surface area contributed by atoms with Crippen LogP contribution in [-0.2, 0) is 4.79 Å². The van der Waals surface area contributed by atoms with Crippen molar-refractivity contribution < 1.29 is 24.1 Å². The molecular formula is C24H26O5P+. The van der Waals surface area contributed by atoms with Crippen molar-refractivity contribution in [1.29, 1.82) is 0 Å². The first kappa shape index (κ1) is 21.7. The van der Waals surface area contributed by atoms with Crippen LogP contribution in [0, 0.1) is 0 Å². The number of rotatable bonds is 9. The second kappa shape index (κ2) is 9.64. The molecule has 0 aromatic heterocycles. The lowest BCUT2D eigenvalue weighted by Gasteiger charge is -2.27. The number of carbonyl (C=O) groups is 1. The molecule has 30 heavy (non-hydrogen) atoms. The Morgan fingerprint density at radius 3 is 1.20 bits per heavy atom.